The van der Waals surface area contributed by atoms with Gasteiger partial charge in [-0.05, 0) is 24.3 Å². The Morgan fingerprint density at radius 3 is 2.38 bits per heavy atom. The average molecular weight is 297 g/mol. The third-order valence-corrected chi connectivity index (χ3v) is 2.82. The molecule has 0 aliphatic rings. The molecular formula is C13H7F4N3O. The molecule has 0 saturated carbocycles. The average Bonchev–Trinajstić information content (AvgIpc) is 3.07. The first-order valence-electron chi connectivity index (χ1n) is 5.79. The largest absolute Gasteiger partial charge is 0.453 e. The van der Waals surface area contributed by atoms with Crippen molar-refractivity contribution in [1.29, 1.82) is 0 Å². The van der Waals surface area contributed by atoms with E-state index in [1.165, 1.54) is 24.7 Å². The van der Waals surface area contributed by atoms with Gasteiger partial charge < -0.3 is 9.51 Å². The van der Waals surface area contributed by atoms with Crippen LogP contribution < -0.4 is 0 Å². The zero-order valence-electron chi connectivity index (χ0n) is 10.3. The number of benzene rings is 1. The fourth-order valence-electron chi connectivity index (χ4n) is 1.92. The molecule has 3 aromatic rings. The van der Waals surface area contributed by atoms with Gasteiger partial charge in [-0.25, -0.2) is 9.37 Å². The highest BCUT2D eigenvalue weighted by Gasteiger charge is 2.41. The van der Waals surface area contributed by atoms with Crippen LogP contribution in [-0.2, 0) is 6.18 Å². The lowest BCUT2D eigenvalue weighted by Crippen LogP contribution is -2.05. The maximum Gasteiger partial charge on any atom is 0.453 e. The third kappa shape index (κ3) is 2.39. The van der Waals surface area contributed by atoms with E-state index in [0.717, 1.165) is 12.1 Å². The fourth-order valence-corrected chi connectivity index (χ4v) is 1.92. The van der Waals surface area contributed by atoms with Gasteiger partial charge in [-0.1, -0.05) is 5.16 Å². The minimum Gasteiger partial charge on any atom is -0.351 e. The van der Waals surface area contributed by atoms with Crippen molar-refractivity contribution >= 4 is 0 Å². The summed E-state index contributed by atoms with van der Waals surface area (Å²) in [6.45, 7) is 0. The third-order valence-electron chi connectivity index (χ3n) is 2.82. The molecule has 0 amide bonds. The molecule has 0 spiro atoms. The van der Waals surface area contributed by atoms with Crippen LogP contribution in [0.15, 0.2) is 41.3 Å². The summed E-state index contributed by atoms with van der Waals surface area (Å²) in [6, 6.07) is 4.91. The molecule has 8 heteroatoms. The van der Waals surface area contributed by atoms with Crippen molar-refractivity contribution in [2.24, 2.45) is 0 Å². The van der Waals surface area contributed by atoms with E-state index in [0.29, 0.717) is 5.56 Å². The van der Waals surface area contributed by atoms with Crippen LogP contribution in [0.25, 0.3) is 22.5 Å². The van der Waals surface area contributed by atoms with Gasteiger partial charge in [-0.15, -0.1) is 0 Å². The number of hydrogen-bond acceptors (Lipinski definition) is 3. The number of aromatic nitrogens is 3. The number of nitrogens with zero attached hydrogens (tertiary/aromatic N) is 2. The molecule has 2 aromatic heterocycles. The normalized spacial score (nSPS) is 11.8. The summed E-state index contributed by atoms with van der Waals surface area (Å²) in [5.74, 6) is -1.74. The van der Waals surface area contributed by atoms with Crippen molar-refractivity contribution in [1.82, 2.24) is 15.1 Å². The monoisotopic (exact) mass is 297 g/mol. The van der Waals surface area contributed by atoms with Crippen molar-refractivity contribution in [2.75, 3.05) is 0 Å². The summed E-state index contributed by atoms with van der Waals surface area (Å²) in [5, 5.41) is 3.47. The first-order chi connectivity index (χ1) is 9.97. The van der Waals surface area contributed by atoms with E-state index in [2.05, 4.69) is 19.6 Å². The molecule has 108 valence electrons. The quantitative estimate of drug-likeness (QED) is 0.730. The van der Waals surface area contributed by atoms with E-state index in [1.54, 1.807) is 0 Å². The maximum atomic E-state index is 13.0. The molecular weight excluding hydrogens is 290 g/mol. The second-order valence-corrected chi connectivity index (χ2v) is 4.19. The lowest BCUT2D eigenvalue weighted by Gasteiger charge is -2.04. The molecule has 0 aliphatic carbocycles. The Labute approximate surface area is 115 Å². The molecule has 0 fully saturated rings. The number of H-pyrrole nitrogens is 1. The van der Waals surface area contributed by atoms with Crippen LogP contribution in [0.5, 0.6) is 0 Å². The van der Waals surface area contributed by atoms with Crippen molar-refractivity contribution < 1.29 is 22.1 Å². The molecule has 3 rings (SSSR count). The second kappa shape index (κ2) is 4.72. The smallest absolute Gasteiger partial charge is 0.351 e. The minimum atomic E-state index is -4.71. The Morgan fingerprint density at radius 2 is 1.81 bits per heavy atom. The maximum absolute atomic E-state index is 13.0. The first-order valence-corrected chi connectivity index (χ1v) is 5.79. The summed E-state index contributed by atoms with van der Waals surface area (Å²) < 4.78 is 56.4. The SMILES string of the molecule is Fc1ccc(-c2noc(C(F)(F)F)c2-c2c[nH]cn2)cc1. The van der Waals surface area contributed by atoms with Crippen LogP contribution in [-0.4, -0.2) is 15.1 Å². The van der Waals surface area contributed by atoms with Crippen LogP contribution in [0.4, 0.5) is 17.6 Å². The van der Waals surface area contributed by atoms with Crippen LogP contribution in [0.2, 0.25) is 0 Å². The predicted molar refractivity (Wildman–Crippen MR) is 64.5 cm³/mol. The van der Waals surface area contributed by atoms with E-state index in [4.69, 9.17) is 0 Å². The Balaban J connectivity index is 2.22. The summed E-state index contributed by atoms with van der Waals surface area (Å²) in [5.41, 5.74) is 0.0151. The lowest BCUT2D eigenvalue weighted by molar-refractivity contribution is -0.154. The van der Waals surface area contributed by atoms with Gasteiger partial charge in [0, 0.05) is 11.8 Å². The van der Waals surface area contributed by atoms with Crippen LogP contribution in [0.3, 0.4) is 0 Å². The number of imidazole rings is 1. The van der Waals surface area contributed by atoms with Crippen molar-refractivity contribution in [3.05, 3.63) is 48.4 Å². The molecule has 0 unspecified atom stereocenters. The number of alkyl halides is 3. The van der Waals surface area contributed by atoms with Crippen LogP contribution in [0.1, 0.15) is 5.76 Å². The summed E-state index contributed by atoms with van der Waals surface area (Å²) in [6.07, 6.45) is -2.16. The molecule has 1 aromatic carbocycles. The summed E-state index contributed by atoms with van der Waals surface area (Å²) in [7, 11) is 0. The van der Waals surface area contributed by atoms with E-state index in [-0.39, 0.29) is 17.0 Å². The van der Waals surface area contributed by atoms with Gasteiger partial charge in [-0.3, -0.25) is 0 Å². The molecule has 1 N–H and O–H groups in total. The van der Waals surface area contributed by atoms with Crippen molar-refractivity contribution in [3.63, 3.8) is 0 Å². The number of halogens is 4. The van der Waals surface area contributed by atoms with Gasteiger partial charge in [0.2, 0.25) is 5.76 Å². The van der Waals surface area contributed by atoms with Gasteiger partial charge in [-0.2, -0.15) is 13.2 Å². The highest BCUT2D eigenvalue weighted by atomic mass is 19.4. The predicted octanol–water partition coefficient (Wildman–Crippen LogP) is 3.89. The molecule has 0 atom stereocenters. The lowest BCUT2D eigenvalue weighted by atomic mass is 10.0. The second-order valence-electron chi connectivity index (χ2n) is 4.19. The number of aromatic amines is 1. The topological polar surface area (TPSA) is 54.7 Å². The highest BCUT2D eigenvalue weighted by molar-refractivity contribution is 5.80. The molecule has 0 saturated heterocycles. The minimum absolute atomic E-state index is 0.0444. The molecule has 4 nitrogen and oxygen atoms in total. The molecule has 21 heavy (non-hydrogen) atoms. The number of hydrogen-bond donors (Lipinski definition) is 1. The van der Waals surface area contributed by atoms with E-state index >= 15 is 0 Å². The van der Waals surface area contributed by atoms with Crippen LogP contribution >= 0.6 is 0 Å². The van der Waals surface area contributed by atoms with Gasteiger partial charge in [0.1, 0.15) is 11.5 Å². The zero-order chi connectivity index (χ0) is 15.0. The standard InChI is InChI=1S/C13H7F4N3O/c14-8-3-1-7(2-4-8)11-10(9-5-18-6-19-9)12(21-20-11)13(15,16)17/h1-6H,(H,18,19). The van der Waals surface area contributed by atoms with E-state index in [9.17, 15) is 17.6 Å². The molecule has 0 bridgehead atoms. The zero-order valence-corrected chi connectivity index (χ0v) is 10.3. The summed E-state index contributed by atoms with van der Waals surface area (Å²) >= 11 is 0. The van der Waals surface area contributed by atoms with Gasteiger partial charge in [0.15, 0.2) is 0 Å². The van der Waals surface area contributed by atoms with Gasteiger partial charge in [0.25, 0.3) is 0 Å². The van der Waals surface area contributed by atoms with Crippen LogP contribution in [0, 0.1) is 5.82 Å². The van der Waals surface area contributed by atoms with E-state index < -0.39 is 17.8 Å². The Kier molecular flexibility index (Phi) is 3.00. The Bertz CT molecular complexity index is 745. The molecule has 0 aliphatic heterocycles. The number of rotatable bonds is 2. The first kappa shape index (κ1) is 13.3. The molecule has 2 heterocycles. The van der Waals surface area contributed by atoms with Crippen molar-refractivity contribution in [2.45, 2.75) is 6.18 Å². The van der Waals surface area contributed by atoms with E-state index in [1.807, 2.05) is 0 Å². The highest BCUT2D eigenvalue weighted by Crippen LogP contribution is 2.41. The Hall–Kier alpha value is -2.64. The summed E-state index contributed by atoms with van der Waals surface area (Å²) in [4.78, 5) is 6.38. The Morgan fingerprint density at radius 1 is 1.10 bits per heavy atom. The van der Waals surface area contributed by atoms with Crippen molar-refractivity contribution in [3.8, 4) is 22.5 Å². The van der Waals surface area contributed by atoms with Gasteiger partial charge >= 0.3 is 6.18 Å². The number of nitrogens with one attached hydrogen (secondary N) is 1. The molecule has 0 radical (unpaired) electrons. The van der Waals surface area contributed by atoms with Gasteiger partial charge in [0.05, 0.1) is 17.6 Å². The fraction of sp³-hybridized carbons (Fsp3) is 0.0769.